The number of hydrogen-bond donors (Lipinski definition) is 0. The lowest BCUT2D eigenvalue weighted by atomic mass is 9.88. The molecule has 10 heteroatoms. The summed E-state index contributed by atoms with van der Waals surface area (Å²) in [5.41, 5.74) is 0.107. The van der Waals surface area contributed by atoms with Crippen LogP contribution in [-0.2, 0) is 15.2 Å². The third-order valence-electron chi connectivity index (χ3n) is 5.67. The number of carbonyl (C=O) groups is 1. The number of hydrogen-bond acceptors (Lipinski definition) is 5. The molecule has 2 aliphatic heterocycles. The maximum Gasteiger partial charge on any atom is 0.492 e. The number of carbonyl (C=O) groups excluding carboxylic acids is 1. The maximum absolute atomic E-state index is 14.5. The molecule has 1 saturated heterocycles. The first-order valence-electron chi connectivity index (χ1n) is 10.0. The second-order valence-electron chi connectivity index (χ2n) is 8.00. The molecule has 0 aliphatic carbocycles. The minimum atomic E-state index is -5.03. The Morgan fingerprint density at radius 2 is 1.94 bits per heavy atom. The van der Waals surface area contributed by atoms with Crippen LogP contribution in [0.15, 0.2) is 36.4 Å². The molecule has 0 aromatic heterocycles. The van der Waals surface area contributed by atoms with Crippen molar-refractivity contribution < 1.29 is 36.7 Å². The van der Waals surface area contributed by atoms with E-state index in [1.807, 2.05) is 6.07 Å². The lowest BCUT2D eigenvalue weighted by molar-refractivity contribution is -0.241. The maximum atomic E-state index is 14.5. The first-order chi connectivity index (χ1) is 15.1. The highest BCUT2D eigenvalue weighted by atomic mass is 35.5. The zero-order valence-electron chi connectivity index (χ0n) is 17.0. The molecule has 0 spiro atoms. The minimum absolute atomic E-state index is 0.0222. The normalized spacial score (nSPS) is 21.9. The Balaban J connectivity index is 1.48. The topological polar surface area (TPSA) is 48.0 Å². The van der Waals surface area contributed by atoms with E-state index >= 15 is 0 Å². The Labute approximate surface area is 186 Å². The van der Waals surface area contributed by atoms with Crippen LogP contribution in [0.2, 0.25) is 5.02 Å². The predicted molar refractivity (Wildman–Crippen MR) is 107 cm³/mol. The van der Waals surface area contributed by atoms with Gasteiger partial charge >= 0.3 is 12.1 Å². The average molecular weight is 474 g/mol. The molecular formula is C22H20ClF4NO4. The highest BCUT2D eigenvalue weighted by molar-refractivity contribution is 6.30. The van der Waals surface area contributed by atoms with Crippen molar-refractivity contribution in [1.29, 1.82) is 0 Å². The molecule has 2 heterocycles. The van der Waals surface area contributed by atoms with Crippen LogP contribution >= 0.6 is 11.6 Å². The van der Waals surface area contributed by atoms with Crippen molar-refractivity contribution in [3.8, 4) is 11.5 Å². The van der Waals surface area contributed by atoms with Gasteiger partial charge in [0.05, 0.1) is 0 Å². The highest BCUT2D eigenvalue weighted by Gasteiger charge is 2.43. The molecule has 172 valence electrons. The number of ether oxygens (including phenoxy) is 2. The van der Waals surface area contributed by atoms with Crippen molar-refractivity contribution in [1.82, 2.24) is 5.06 Å². The van der Waals surface area contributed by atoms with E-state index in [1.165, 1.54) is 6.07 Å². The molecule has 0 N–H and O–H groups in total. The van der Waals surface area contributed by atoms with Crippen molar-refractivity contribution in [3.63, 3.8) is 0 Å². The first kappa shape index (κ1) is 22.7. The van der Waals surface area contributed by atoms with Crippen LogP contribution in [0.4, 0.5) is 17.6 Å². The van der Waals surface area contributed by atoms with Gasteiger partial charge in [-0.05, 0) is 43.9 Å². The van der Waals surface area contributed by atoms with Crippen molar-refractivity contribution in [2.75, 3.05) is 19.7 Å². The fourth-order valence-corrected chi connectivity index (χ4v) is 4.21. The van der Waals surface area contributed by atoms with Gasteiger partial charge in [0.25, 0.3) is 0 Å². The number of rotatable bonds is 3. The largest absolute Gasteiger partial charge is 0.492 e. The summed E-state index contributed by atoms with van der Waals surface area (Å²) in [5, 5.41) is 1.31. The molecule has 0 radical (unpaired) electrons. The summed E-state index contributed by atoms with van der Waals surface area (Å²) in [5.74, 6) is -1.75. The number of benzene rings is 2. The first-order valence-corrected chi connectivity index (χ1v) is 10.4. The second-order valence-corrected chi connectivity index (χ2v) is 8.44. The Bertz CT molecular complexity index is 1020. The third kappa shape index (κ3) is 4.49. The van der Waals surface area contributed by atoms with Crippen LogP contribution < -0.4 is 9.47 Å². The predicted octanol–water partition coefficient (Wildman–Crippen LogP) is 5.37. The number of halogens is 5. The van der Waals surface area contributed by atoms with Gasteiger partial charge in [-0.15, -0.1) is 5.06 Å². The molecule has 5 nitrogen and oxygen atoms in total. The van der Waals surface area contributed by atoms with Gasteiger partial charge in [-0.25, -0.2) is 9.18 Å². The van der Waals surface area contributed by atoms with E-state index in [2.05, 4.69) is 4.84 Å². The molecule has 2 aromatic rings. The average Bonchev–Trinajstić information content (AvgIpc) is 2.73. The van der Waals surface area contributed by atoms with Gasteiger partial charge in [0.1, 0.15) is 12.4 Å². The summed E-state index contributed by atoms with van der Waals surface area (Å²) in [6, 6.07) is 9.75. The van der Waals surface area contributed by atoms with Crippen LogP contribution in [0.5, 0.6) is 11.5 Å². The van der Waals surface area contributed by atoms with E-state index in [0.29, 0.717) is 29.9 Å². The zero-order valence-corrected chi connectivity index (χ0v) is 17.8. The molecular weight excluding hydrogens is 454 g/mol. The molecule has 1 fully saturated rings. The van der Waals surface area contributed by atoms with Gasteiger partial charge < -0.3 is 14.3 Å². The number of piperidine rings is 1. The molecule has 0 saturated carbocycles. The van der Waals surface area contributed by atoms with E-state index in [-0.39, 0.29) is 30.6 Å². The van der Waals surface area contributed by atoms with Gasteiger partial charge in [0.15, 0.2) is 17.1 Å². The SMILES string of the molecule is CC1(c2ccc(Cl)cc2F)COc2c(cccc2C2CCN(OC(=O)C(F)(F)F)CC2)O1. The summed E-state index contributed by atoms with van der Waals surface area (Å²) in [4.78, 5) is 15.5. The monoisotopic (exact) mass is 473 g/mol. The molecule has 1 atom stereocenters. The molecule has 2 aliphatic rings. The lowest BCUT2D eigenvalue weighted by Gasteiger charge is -2.38. The van der Waals surface area contributed by atoms with Crippen LogP contribution in [-0.4, -0.2) is 36.9 Å². The van der Waals surface area contributed by atoms with Crippen LogP contribution in [0.25, 0.3) is 0 Å². The molecule has 2 aromatic carbocycles. The Morgan fingerprint density at radius 3 is 2.59 bits per heavy atom. The van der Waals surface area contributed by atoms with Gasteiger partial charge in [0.2, 0.25) is 0 Å². The lowest BCUT2D eigenvalue weighted by Crippen LogP contribution is -2.41. The molecule has 32 heavy (non-hydrogen) atoms. The van der Waals surface area contributed by atoms with E-state index in [4.69, 9.17) is 21.1 Å². The van der Waals surface area contributed by atoms with Crippen molar-refractivity contribution in [2.45, 2.75) is 37.5 Å². The highest BCUT2D eigenvalue weighted by Crippen LogP contribution is 2.46. The van der Waals surface area contributed by atoms with Crippen LogP contribution in [0.1, 0.15) is 36.8 Å². The van der Waals surface area contributed by atoms with E-state index in [9.17, 15) is 22.4 Å². The van der Waals surface area contributed by atoms with Gasteiger partial charge in [-0.1, -0.05) is 29.8 Å². The van der Waals surface area contributed by atoms with E-state index in [1.54, 1.807) is 31.2 Å². The summed E-state index contributed by atoms with van der Waals surface area (Å²) in [6.45, 7) is 2.11. The fraction of sp³-hybridized carbons (Fsp3) is 0.409. The van der Waals surface area contributed by atoms with Crippen LogP contribution in [0, 0.1) is 5.82 Å². The van der Waals surface area contributed by atoms with Crippen LogP contribution in [0.3, 0.4) is 0 Å². The van der Waals surface area contributed by atoms with Crippen molar-refractivity contribution >= 4 is 17.6 Å². The van der Waals surface area contributed by atoms with Crippen molar-refractivity contribution in [3.05, 3.63) is 58.4 Å². The Morgan fingerprint density at radius 1 is 1.22 bits per heavy atom. The van der Waals surface area contributed by atoms with E-state index < -0.39 is 23.6 Å². The summed E-state index contributed by atoms with van der Waals surface area (Å²) < 4.78 is 63.9. The third-order valence-corrected chi connectivity index (χ3v) is 5.91. The fourth-order valence-electron chi connectivity index (χ4n) is 4.05. The number of fused-ring (bicyclic) bond motifs is 1. The summed E-state index contributed by atoms with van der Waals surface area (Å²) in [6.07, 6.45) is -4.10. The molecule has 1 unspecified atom stereocenters. The Kier molecular flexibility index (Phi) is 5.98. The van der Waals surface area contributed by atoms with Gasteiger partial charge in [0, 0.05) is 29.2 Å². The molecule has 0 bridgehead atoms. The van der Waals surface area contributed by atoms with E-state index in [0.717, 1.165) is 10.6 Å². The quantitative estimate of drug-likeness (QED) is 0.561. The number of nitrogens with zero attached hydrogens (tertiary/aromatic N) is 1. The number of para-hydroxylation sites is 1. The smallest absolute Gasteiger partial charge is 0.485 e. The number of alkyl halides is 3. The summed E-state index contributed by atoms with van der Waals surface area (Å²) >= 11 is 5.85. The van der Waals surface area contributed by atoms with Crippen molar-refractivity contribution in [2.24, 2.45) is 0 Å². The minimum Gasteiger partial charge on any atom is -0.485 e. The number of hydroxylamine groups is 2. The molecule has 0 amide bonds. The zero-order chi connectivity index (χ0) is 23.1. The molecule has 4 rings (SSSR count). The Hall–Kier alpha value is -2.52. The second kappa shape index (κ2) is 8.44. The van der Waals surface area contributed by atoms with Gasteiger partial charge in [-0.3, -0.25) is 0 Å². The van der Waals surface area contributed by atoms with Gasteiger partial charge in [-0.2, -0.15) is 13.2 Å². The summed E-state index contributed by atoms with van der Waals surface area (Å²) in [7, 11) is 0. The standard InChI is InChI=1S/C22H20ClF4NO4/c1-21(16-6-5-14(23)11-17(16)24)12-30-19-15(3-2-4-18(19)31-21)13-7-9-28(10-8-13)32-20(29)22(25,26)27/h2-6,11,13H,7-10,12H2,1H3.